The molecule has 1 N–H and O–H groups in total. The summed E-state index contributed by atoms with van der Waals surface area (Å²) < 4.78 is 13.5. The van der Waals surface area contributed by atoms with Crippen molar-refractivity contribution in [2.24, 2.45) is 0 Å². The Morgan fingerprint density at radius 3 is 2.15 bits per heavy atom. The Hall–Kier alpha value is -4.72. The molecule has 0 unspecified atom stereocenters. The molecule has 0 bridgehead atoms. The van der Waals surface area contributed by atoms with Gasteiger partial charge in [-0.05, 0) is 97.3 Å². The lowest BCUT2D eigenvalue weighted by atomic mass is 9.88. The minimum Gasteiger partial charge on any atom is -0.479 e. The molecule has 0 saturated carbocycles. The van der Waals surface area contributed by atoms with Crippen molar-refractivity contribution in [2.45, 2.75) is 64.7 Å². The molecule has 0 fully saturated rings. The molecule has 0 saturated heterocycles. The number of halogens is 1. The molecule has 246 valence electrons. The third kappa shape index (κ3) is 6.66. The molecule has 4 aromatic carbocycles. The maximum absolute atomic E-state index is 13.3. The van der Waals surface area contributed by atoms with Crippen LogP contribution in [0.3, 0.4) is 0 Å². The first-order valence-corrected chi connectivity index (χ1v) is 16.5. The first kappa shape index (κ1) is 33.2. The fraction of sp³-hybridized carbons (Fsp3) is 0.275. The Kier molecular flexibility index (Phi) is 9.28. The molecule has 0 amide bonds. The third-order valence-electron chi connectivity index (χ3n) is 8.77. The van der Waals surface area contributed by atoms with Gasteiger partial charge >= 0.3 is 11.9 Å². The Balaban J connectivity index is 1.27. The van der Waals surface area contributed by atoms with Gasteiger partial charge < -0.3 is 19.1 Å². The third-order valence-corrected chi connectivity index (χ3v) is 9.02. The summed E-state index contributed by atoms with van der Waals surface area (Å²) in [4.78, 5) is 38.9. The SMILES string of the molecule is Cc1cc2c(ccc(=O)n2CCCC(=O)OCC2c3ccccc3-c3ccccc32)c(-c2ccc(Cl)cc2)c1[C@H](OC(C)(C)C)C(=O)O. The van der Waals surface area contributed by atoms with Crippen LogP contribution in [0, 0.1) is 6.92 Å². The van der Waals surface area contributed by atoms with E-state index in [0.717, 1.165) is 16.7 Å². The number of aryl methyl sites for hydroxylation is 2. The number of rotatable bonds is 10. The van der Waals surface area contributed by atoms with Crippen molar-refractivity contribution in [3.8, 4) is 22.3 Å². The monoisotopic (exact) mass is 663 g/mol. The summed E-state index contributed by atoms with van der Waals surface area (Å²) in [7, 11) is 0. The topological polar surface area (TPSA) is 94.8 Å². The van der Waals surface area contributed by atoms with Crippen molar-refractivity contribution >= 4 is 34.4 Å². The number of carboxylic acids is 1. The van der Waals surface area contributed by atoms with Crippen molar-refractivity contribution < 1.29 is 24.2 Å². The first-order chi connectivity index (χ1) is 22.9. The van der Waals surface area contributed by atoms with Gasteiger partial charge in [0.2, 0.25) is 0 Å². The highest BCUT2D eigenvalue weighted by atomic mass is 35.5. The van der Waals surface area contributed by atoms with Crippen molar-refractivity contribution in [1.29, 1.82) is 0 Å². The van der Waals surface area contributed by atoms with Gasteiger partial charge in [-0.15, -0.1) is 0 Å². The van der Waals surface area contributed by atoms with Gasteiger partial charge in [0.25, 0.3) is 5.56 Å². The van der Waals surface area contributed by atoms with Gasteiger partial charge in [-0.3, -0.25) is 9.59 Å². The molecule has 1 heterocycles. The van der Waals surface area contributed by atoms with Crippen LogP contribution in [-0.2, 0) is 25.6 Å². The van der Waals surface area contributed by atoms with E-state index in [-0.39, 0.29) is 37.0 Å². The maximum atomic E-state index is 13.3. The van der Waals surface area contributed by atoms with Gasteiger partial charge in [-0.2, -0.15) is 0 Å². The van der Waals surface area contributed by atoms with E-state index in [4.69, 9.17) is 21.1 Å². The van der Waals surface area contributed by atoms with Crippen molar-refractivity contribution in [1.82, 2.24) is 4.57 Å². The van der Waals surface area contributed by atoms with Gasteiger partial charge in [0.15, 0.2) is 6.10 Å². The zero-order valence-corrected chi connectivity index (χ0v) is 28.2. The van der Waals surface area contributed by atoms with Gasteiger partial charge in [0.05, 0.1) is 11.1 Å². The smallest absolute Gasteiger partial charge is 0.337 e. The lowest BCUT2D eigenvalue weighted by Gasteiger charge is -2.29. The molecule has 48 heavy (non-hydrogen) atoms. The zero-order valence-electron chi connectivity index (χ0n) is 27.5. The summed E-state index contributed by atoms with van der Waals surface area (Å²) in [5.74, 6) is -1.46. The molecule has 7 nitrogen and oxygen atoms in total. The van der Waals surface area contributed by atoms with Crippen LogP contribution in [0.15, 0.2) is 95.8 Å². The van der Waals surface area contributed by atoms with E-state index in [2.05, 4.69) is 24.3 Å². The van der Waals surface area contributed by atoms with E-state index in [1.807, 2.05) is 70.2 Å². The number of ether oxygens (including phenoxy) is 2. The minimum absolute atomic E-state index is 0.0256. The molecular weight excluding hydrogens is 626 g/mol. The van der Waals surface area contributed by atoms with Crippen LogP contribution in [0.4, 0.5) is 0 Å². The summed E-state index contributed by atoms with van der Waals surface area (Å²) in [6.45, 7) is 7.80. The molecule has 6 rings (SSSR count). The van der Waals surface area contributed by atoms with Crippen molar-refractivity contribution in [3.05, 3.63) is 129 Å². The van der Waals surface area contributed by atoms with Crippen LogP contribution in [0.1, 0.15) is 67.9 Å². The van der Waals surface area contributed by atoms with E-state index in [0.29, 0.717) is 39.0 Å². The van der Waals surface area contributed by atoms with Gasteiger partial charge in [-0.1, -0.05) is 72.3 Å². The molecule has 8 heteroatoms. The maximum Gasteiger partial charge on any atom is 0.337 e. The molecule has 0 aliphatic heterocycles. The summed E-state index contributed by atoms with van der Waals surface area (Å²) in [5, 5.41) is 11.6. The second-order valence-electron chi connectivity index (χ2n) is 13.2. The number of nitrogens with zero attached hydrogens (tertiary/aromatic N) is 1. The number of hydrogen-bond donors (Lipinski definition) is 1. The predicted molar refractivity (Wildman–Crippen MR) is 189 cm³/mol. The summed E-state index contributed by atoms with van der Waals surface area (Å²) >= 11 is 6.22. The number of aliphatic carboxylic acids is 1. The molecule has 1 aliphatic rings. The van der Waals surface area contributed by atoms with Crippen molar-refractivity contribution in [2.75, 3.05) is 6.61 Å². The van der Waals surface area contributed by atoms with E-state index in [9.17, 15) is 19.5 Å². The van der Waals surface area contributed by atoms with Gasteiger partial charge in [0.1, 0.15) is 6.61 Å². The standard InChI is InChI=1S/C40H38ClNO6/c1-24-22-33-31(37(25-15-17-26(41)18-16-25)36(24)38(39(45)46)48-40(2,3)4)19-20-34(43)42(33)21-9-14-35(44)47-23-32-29-12-7-5-10-27(29)28-11-6-8-13-30(28)32/h5-8,10-13,15-20,22,32,38H,9,14,21,23H2,1-4H3,(H,45,46)/t38-/m0/s1. The van der Waals surface area contributed by atoms with E-state index < -0.39 is 17.7 Å². The van der Waals surface area contributed by atoms with Crippen LogP contribution in [0.5, 0.6) is 0 Å². The number of aromatic nitrogens is 1. The summed E-state index contributed by atoms with van der Waals surface area (Å²) in [5.41, 5.74) is 6.90. The second-order valence-corrected chi connectivity index (χ2v) is 13.6. The highest BCUT2D eigenvalue weighted by molar-refractivity contribution is 6.30. The number of carbonyl (C=O) groups excluding carboxylic acids is 1. The number of pyridine rings is 1. The average Bonchev–Trinajstić information content (AvgIpc) is 3.37. The lowest BCUT2D eigenvalue weighted by molar-refractivity contribution is -0.160. The van der Waals surface area contributed by atoms with Crippen LogP contribution >= 0.6 is 11.6 Å². The molecule has 1 atom stereocenters. The number of benzene rings is 4. The van der Waals surface area contributed by atoms with E-state index >= 15 is 0 Å². The lowest BCUT2D eigenvalue weighted by Crippen LogP contribution is -2.28. The zero-order chi connectivity index (χ0) is 34.2. The molecule has 1 aromatic heterocycles. The van der Waals surface area contributed by atoms with Crippen LogP contribution in [-0.4, -0.2) is 33.8 Å². The van der Waals surface area contributed by atoms with Crippen LogP contribution in [0.2, 0.25) is 5.02 Å². The highest BCUT2D eigenvalue weighted by Gasteiger charge is 2.32. The van der Waals surface area contributed by atoms with Crippen LogP contribution < -0.4 is 5.56 Å². The normalized spacial score (nSPS) is 13.3. The van der Waals surface area contributed by atoms with E-state index in [1.165, 1.54) is 17.2 Å². The molecule has 0 radical (unpaired) electrons. The largest absolute Gasteiger partial charge is 0.479 e. The molecule has 1 aliphatic carbocycles. The fourth-order valence-corrected chi connectivity index (χ4v) is 6.86. The van der Waals surface area contributed by atoms with Gasteiger partial charge in [0, 0.05) is 40.9 Å². The summed E-state index contributed by atoms with van der Waals surface area (Å²) in [6.07, 6.45) is -0.730. The Morgan fingerprint density at radius 2 is 1.54 bits per heavy atom. The fourth-order valence-electron chi connectivity index (χ4n) is 6.74. The number of carboxylic acid groups (broad SMARTS) is 1. The highest BCUT2D eigenvalue weighted by Crippen LogP contribution is 2.45. The van der Waals surface area contributed by atoms with Crippen LogP contribution in [0.25, 0.3) is 33.2 Å². The first-order valence-electron chi connectivity index (χ1n) is 16.1. The summed E-state index contributed by atoms with van der Waals surface area (Å²) in [6, 6.07) is 28.6. The number of carbonyl (C=O) groups is 2. The minimum atomic E-state index is -1.26. The van der Waals surface area contributed by atoms with Gasteiger partial charge in [-0.25, -0.2) is 4.79 Å². The quantitative estimate of drug-likeness (QED) is 0.150. The number of hydrogen-bond acceptors (Lipinski definition) is 5. The predicted octanol–water partition coefficient (Wildman–Crippen LogP) is 8.71. The second kappa shape index (κ2) is 13.4. The van der Waals surface area contributed by atoms with E-state index in [1.54, 1.807) is 22.8 Å². The molecule has 0 spiro atoms. The number of esters is 1. The number of fused-ring (bicyclic) bond motifs is 4. The Labute approximate surface area is 284 Å². The average molecular weight is 664 g/mol. The Bertz CT molecular complexity index is 2030. The molecular formula is C40H38ClNO6. The Morgan fingerprint density at radius 1 is 0.917 bits per heavy atom. The van der Waals surface area contributed by atoms with Crippen molar-refractivity contribution in [3.63, 3.8) is 0 Å². The molecule has 5 aromatic rings.